The van der Waals surface area contributed by atoms with Crippen LogP contribution in [-0.2, 0) is 13.0 Å². The molecule has 0 atom stereocenters. The zero-order valence-corrected chi connectivity index (χ0v) is 11.2. The van der Waals surface area contributed by atoms with Crippen molar-refractivity contribution in [2.75, 3.05) is 11.4 Å². The number of aromatic nitrogens is 1. The van der Waals surface area contributed by atoms with Crippen LogP contribution < -0.4 is 4.90 Å². The van der Waals surface area contributed by atoms with Gasteiger partial charge in [-0.25, -0.2) is 4.98 Å². The Morgan fingerprint density at radius 3 is 2.81 bits per heavy atom. The highest BCUT2D eigenvalue weighted by Crippen LogP contribution is 2.26. The van der Waals surface area contributed by atoms with E-state index in [4.69, 9.17) is 5.26 Å². The van der Waals surface area contributed by atoms with Gasteiger partial charge in [-0.05, 0) is 29.7 Å². The lowest BCUT2D eigenvalue weighted by atomic mass is 9.99. The Kier molecular flexibility index (Phi) is 3.24. The Labute approximate surface area is 121 Å². The van der Waals surface area contributed by atoms with Gasteiger partial charge in [-0.3, -0.25) is 10.1 Å². The fraction of sp³-hybridized carbons (Fsp3) is 0.200. The van der Waals surface area contributed by atoms with Gasteiger partial charge < -0.3 is 4.90 Å². The summed E-state index contributed by atoms with van der Waals surface area (Å²) in [5, 5.41) is 19.6. The molecule has 0 N–H and O–H groups in total. The van der Waals surface area contributed by atoms with Crippen LogP contribution in [0, 0.1) is 21.4 Å². The lowest BCUT2D eigenvalue weighted by molar-refractivity contribution is -0.384. The maximum Gasteiger partial charge on any atom is 0.269 e. The molecule has 0 aliphatic carbocycles. The minimum absolute atomic E-state index is 0.114. The lowest BCUT2D eigenvalue weighted by Crippen LogP contribution is -2.31. The average molecular weight is 280 g/mol. The summed E-state index contributed by atoms with van der Waals surface area (Å²) in [5.74, 6) is 0.783. The monoisotopic (exact) mass is 280 g/mol. The van der Waals surface area contributed by atoms with E-state index in [9.17, 15) is 10.1 Å². The molecule has 1 aliphatic rings. The summed E-state index contributed by atoms with van der Waals surface area (Å²) in [7, 11) is 0. The second kappa shape index (κ2) is 5.21. The number of nitro benzene ring substituents is 1. The van der Waals surface area contributed by atoms with Crippen LogP contribution in [0.5, 0.6) is 0 Å². The molecule has 1 aromatic carbocycles. The summed E-state index contributed by atoms with van der Waals surface area (Å²) in [6, 6.07) is 10.6. The summed E-state index contributed by atoms with van der Waals surface area (Å²) < 4.78 is 0. The minimum Gasteiger partial charge on any atom is -0.352 e. The van der Waals surface area contributed by atoms with Gasteiger partial charge in [-0.1, -0.05) is 6.07 Å². The largest absolute Gasteiger partial charge is 0.352 e. The van der Waals surface area contributed by atoms with Crippen molar-refractivity contribution in [3.8, 4) is 6.07 Å². The molecular weight excluding hydrogens is 268 g/mol. The normalized spacial score (nSPS) is 13.4. The van der Waals surface area contributed by atoms with Crippen LogP contribution in [0.4, 0.5) is 11.5 Å². The third kappa shape index (κ3) is 2.54. The predicted molar refractivity (Wildman–Crippen MR) is 76.8 cm³/mol. The highest BCUT2D eigenvalue weighted by molar-refractivity contribution is 5.48. The van der Waals surface area contributed by atoms with E-state index in [1.54, 1.807) is 24.3 Å². The molecule has 3 rings (SSSR count). The van der Waals surface area contributed by atoms with Gasteiger partial charge in [0.15, 0.2) is 0 Å². The molecule has 6 heteroatoms. The standard InChI is InChI=1S/C15H12N4O2/c16-8-11-1-4-15(17-9-11)18-6-5-12-2-3-14(19(20)21)7-13(12)10-18/h1-4,7,9H,5-6,10H2. The van der Waals surface area contributed by atoms with Crippen molar-refractivity contribution in [3.63, 3.8) is 0 Å². The van der Waals surface area contributed by atoms with Crippen molar-refractivity contribution >= 4 is 11.5 Å². The minimum atomic E-state index is -0.376. The average Bonchev–Trinajstić information content (AvgIpc) is 2.54. The van der Waals surface area contributed by atoms with Crippen molar-refractivity contribution in [2.24, 2.45) is 0 Å². The number of nitrogens with zero attached hydrogens (tertiary/aromatic N) is 4. The summed E-state index contributed by atoms with van der Waals surface area (Å²) >= 11 is 0. The number of rotatable bonds is 2. The molecular formula is C15H12N4O2. The van der Waals surface area contributed by atoms with Gasteiger partial charge in [-0.2, -0.15) is 5.26 Å². The maximum atomic E-state index is 10.9. The lowest BCUT2D eigenvalue weighted by Gasteiger charge is -2.29. The predicted octanol–water partition coefficient (Wildman–Crippen LogP) is 2.42. The number of non-ortho nitro benzene ring substituents is 1. The Hall–Kier alpha value is -2.94. The molecule has 0 spiro atoms. The Morgan fingerprint density at radius 2 is 2.14 bits per heavy atom. The highest BCUT2D eigenvalue weighted by Gasteiger charge is 2.19. The van der Waals surface area contributed by atoms with Gasteiger partial charge in [0.25, 0.3) is 5.69 Å². The maximum absolute atomic E-state index is 10.9. The molecule has 1 aromatic heterocycles. The smallest absolute Gasteiger partial charge is 0.269 e. The van der Waals surface area contributed by atoms with E-state index >= 15 is 0 Å². The molecule has 2 aromatic rings. The van der Waals surface area contributed by atoms with Gasteiger partial charge in [0.1, 0.15) is 11.9 Å². The van der Waals surface area contributed by atoms with Crippen molar-refractivity contribution < 1.29 is 4.92 Å². The first kappa shape index (κ1) is 13.1. The molecule has 2 heterocycles. The number of nitriles is 1. The molecule has 0 fully saturated rings. The molecule has 0 bridgehead atoms. The molecule has 1 aliphatic heterocycles. The van der Waals surface area contributed by atoms with Crippen molar-refractivity contribution in [1.82, 2.24) is 4.98 Å². The molecule has 0 saturated heterocycles. The summed E-state index contributed by atoms with van der Waals surface area (Å²) in [6.07, 6.45) is 2.37. The van der Waals surface area contributed by atoms with Gasteiger partial charge in [0, 0.05) is 31.4 Å². The van der Waals surface area contributed by atoms with Crippen LogP contribution in [0.3, 0.4) is 0 Å². The quantitative estimate of drug-likeness (QED) is 0.623. The van der Waals surface area contributed by atoms with Crippen LogP contribution >= 0.6 is 0 Å². The van der Waals surface area contributed by atoms with Crippen LogP contribution in [0.15, 0.2) is 36.5 Å². The molecule has 0 radical (unpaired) electrons. The Balaban J connectivity index is 1.87. The van der Waals surface area contributed by atoms with Crippen molar-refractivity contribution in [1.29, 1.82) is 5.26 Å². The fourth-order valence-corrected chi connectivity index (χ4v) is 2.49. The molecule has 6 nitrogen and oxygen atoms in total. The van der Waals surface area contributed by atoms with E-state index in [1.165, 1.54) is 6.20 Å². The van der Waals surface area contributed by atoms with Crippen LogP contribution in [0.1, 0.15) is 16.7 Å². The Morgan fingerprint density at radius 1 is 1.29 bits per heavy atom. The number of fused-ring (bicyclic) bond motifs is 1. The zero-order chi connectivity index (χ0) is 14.8. The first-order chi connectivity index (χ1) is 10.2. The topological polar surface area (TPSA) is 83.1 Å². The van der Waals surface area contributed by atoms with Gasteiger partial charge in [-0.15, -0.1) is 0 Å². The second-order valence-electron chi connectivity index (χ2n) is 4.90. The molecule has 0 amide bonds. The fourth-order valence-electron chi connectivity index (χ4n) is 2.49. The molecule has 0 unspecified atom stereocenters. The van der Waals surface area contributed by atoms with Crippen LogP contribution in [-0.4, -0.2) is 16.5 Å². The van der Waals surface area contributed by atoms with E-state index in [0.717, 1.165) is 29.9 Å². The van der Waals surface area contributed by atoms with Crippen LogP contribution in [0.25, 0.3) is 0 Å². The van der Waals surface area contributed by atoms with E-state index in [2.05, 4.69) is 9.88 Å². The van der Waals surface area contributed by atoms with Crippen LogP contribution in [0.2, 0.25) is 0 Å². The zero-order valence-electron chi connectivity index (χ0n) is 11.2. The summed E-state index contributed by atoms with van der Waals surface area (Å²) in [4.78, 5) is 16.8. The number of benzene rings is 1. The Bertz CT molecular complexity index is 734. The van der Waals surface area contributed by atoms with Crippen molar-refractivity contribution in [2.45, 2.75) is 13.0 Å². The first-order valence-electron chi connectivity index (χ1n) is 6.54. The summed E-state index contributed by atoms with van der Waals surface area (Å²) in [6.45, 7) is 1.40. The van der Waals surface area contributed by atoms with E-state index < -0.39 is 0 Å². The van der Waals surface area contributed by atoms with E-state index in [-0.39, 0.29) is 10.6 Å². The number of pyridine rings is 1. The number of hydrogen-bond acceptors (Lipinski definition) is 5. The molecule has 21 heavy (non-hydrogen) atoms. The highest BCUT2D eigenvalue weighted by atomic mass is 16.6. The summed E-state index contributed by atoms with van der Waals surface area (Å²) in [5.41, 5.74) is 2.74. The third-order valence-electron chi connectivity index (χ3n) is 3.61. The SMILES string of the molecule is N#Cc1ccc(N2CCc3ccc([N+](=O)[O-])cc3C2)nc1. The number of nitro groups is 1. The first-order valence-corrected chi connectivity index (χ1v) is 6.54. The molecule has 104 valence electrons. The van der Waals surface area contributed by atoms with E-state index in [0.29, 0.717) is 12.1 Å². The van der Waals surface area contributed by atoms with Gasteiger partial charge in [0.05, 0.1) is 10.5 Å². The van der Waals surface area contributed by atoms with Crippen molar-refractivity contribution in [3.05, 3.63) is 63.3 Å². The second-order valence-corrected chi connectivity index (χ2v) is 4.90. The molecule has 0 saturated carbocycles. The van der Waals surface area contributed by atoms with E-state index in [1.807, 2.05) is 12.1 Å². The van der Waals surface area contributed by atoms with Gasteiger partial charge in [0.2, 0.25) is 0 Å². The number of hydrogen-bond donors (Lipinski definition) is 0. The van der Waals surface area contributed by atoms with Gasteiger partial charge >= 0.3 is 0 Å². The number of anilines is 1. The third-order valence-corrected chi connectivity index (χ3v) is 3.61.